The van der Waals surface area contributed by atoms with E-state index in [0.29, 0.717) is 12.5 Å². The number of hydrogen-bond donors (Lipinski definition) is 3. The summed E-state index contributed by atoms with van der Waals surface area (Å²) in [4.78, 5) is 18.5. The first-order chi connectivity index (χ1) is 10.2. The third-order valence-corrected chi connectivity index (χ3v) is 3.62. The number of anilines is 3. The highest BCUT2D eigenvalue weighted by molar-refractivity contribution is 5.79. The number of hydrogen-bond acceptors (Lipinski definition) is 8. The Bertz CT molecular complexity index is 804. The molecular weight excluding hydrogens is 270 g/mol. The van der Waals surface area contributed by atoms with Crippen molar-refractivity contribution in [1.82, 2.24) is 30.1 Å². The third-order valence-electron chi connectivity index (χ3n) is 3.62. The molecule has 3 aromatic heterocycles. The minimum absolute atomic E-state index is 0.131. The predicted octanol–water partition coefficient (Wildman–Crippen LogP) is -0.130. The van der Waals surface area contributed by atoms with Gasteiger partial charge in [0.25, 0.3) is 0 Å². The Morgan fingerprint density at radius 2 is 1.90 bits per heavy atom. The van der Waals surface area contributed by atoms with E-state index in [1.165, 1.54) is 5.56 Å². The number of aromatic amines is 1. The van der Waals surface area contributed by atoms with Gasteiger partial charge in [0.2, 0.25) is 17.8 Å². The molecule has 3 aromatic rings. The Kier molecular flexibility index (Phi) is 2.40. The molecule has 106 valence electrons. The summed E-state index contributed by atoms with van der Waals surface area (Å²) in [5, 5.41) is 8.00. The summed E-state index contributed by atoms with van der Waals surface area (Å²) in [5.41, 5.74) is 14.5. The van der Waals surface area contributed by atoms with Crippen molar-refractivity contribution in [2.75, 3.05) is 22.9 Å². The van der Waals surface area contributed by atoms with Gasteiger partial charge in [0.1, 0.15) is 0 Å². The Morgan fingerprint density at radius 3 is 2.71 bits per heavy atom. The van der Waals surface area contributed by atoms with E-state index in [1.807, 2.05) is 17.3 Å². The van der Waals surface area contributed by atoms with Gasteiger partial charge in [0.15, 0.2) is 5.65 Å². The number of nitrogen functional groups attached to an aromatic ring is 2. The lowest BCUT2D eigenvalue weighted by atomic mass is 9.99. The lowest BCUT2D eigenvalue weighted by Gasteiger charge is -2.28. The van der Waals surface area contributed by atoms with Crippen LogP contribution in [-0.2, 0) is 13.0 Å². The molecule has 0 radical (unpaired) electrons. The largest absolute Gasteiger partial charge is 0.368 e. The summed E-state index contributed by atoms with van der Waals surface area (Å²) in [7, 11) is 0. The quantitative estimate of drug-likeness (QED) is 0.562. The molecule has 21 heavy (non-hydrogen) atoms. The molecule has 4 heterocycles. The lowest BCUT2D eigenvalue weighted by Crippen LogP contribution is -2.32. The number of fused-ring (bicyclic) bond motifs is 3. The maximum Gasteiger partial charge on any atom is 0.232 e. The van der Waals surface area contributed by atoms with Gasteiger partial charge in [-0.3, -0.25) is 5.10 Å². The van der Waals surface area contributed by atoms with E-state index in [9.17, 15) is 0 Å². The van der Waals surface area contributed by atoms with Crippen LogP contribution in [0.4, 0.5) is 17.8 Å². The fourth-order valence-corrected chi connectivity index (χ4v) is 2.66. The average molecular weight is 283 g/mol. The zero-order chi connectivity index (χ0) is 14.4. The normalized spacial score (nSPS) is 14.4. The number of H-pyrrole nitrogens is 1. The SMILES string of the molecule is Nc1nc(N)nc(N2CCc3c(cnc4[nH]ncc34)C2)n1. The number of nitrogens with two attached hydrogens (primary N) is 2. The van der Waals surface area contributed by atoms with Crippen molar-refractivity contribution in [2.45, 2.75) is 13.0 Å². The van der Waals surface area contributed by atoms with E-state index in [1.54, 1.807) is 0 Å². The Hall–Kier alpha value is -2.97. The van der Waals surface area contributed by atoms with Crippen LogP contribution in [-0.4, -0.2) is 36.7 Å². The zero-order valence-corrected chi connectivity index (χ0v) is 11.1. The summed E-state index contributed by atoms with van der Waals surface area (Å²) in [6, 6.07) is 0. The van der Waals surface area contributed by atoms with Crippen LogP contribution in [0.25, 0.3) is 11.0 Å². The van der Waals surface area contributed by atoms with Gasteiger partial charge in [-0.25, -0.2) is 4.98 Å². The first-order valence-corrected chi connectivity index (χ1v) is 6.52. The molecule has 9 heteroatoms. The molecule has 5 N–H and O–H groups in total. The molecule has 0 unspecified atom stereocenters. The monoisotopic (exact) mass is 283 g/mol. The van der Waals surface area contributed by atoms with Gasteiger partial charge in [-0.05, 0) is 17.5 Å². The van der Waals surface area contributed by atoms with E-state index < -0.39 is 0 Å². The van der Waals surface area contributed by atoms with Gasteiger partial charge < -0.3 is 16.4 Å². The van der Waals surface area contributed by atoms with Crippen LogP contribution in [0.1, 0.15) is 11.1 Å². The van der Waals surface area contributed by atoms with Crippen LogP contribution in [0.5, 0.6) is 0 Å². The first-order valence-electron chi connectivity index (χ1n) is 6.52. The highest BCUT2D eigenvalue weighted by Crippen LogP contribution is 2.26. The van der Waals surface area contributed by atoms with Crippen LogP contribution >= 0.6 is 0 Å². The molecular formula is C12H13N9. The van der Waals surface area contributed by atoms with Crippen molar-refractivity contribution in [2.24, 2.45) is 0 Å². The van der Waals surface area contributed by atoms with Crippen molar-refractivity contribution < 1.29 is 0 Å². The summed E-state index contributed by atoms with van der Waals surface area (Å²) in [6.45, 7) is 1.44. The highest BCUT2D eigenvalue weighted by Gasteiger charge is 2.22. The minimum Gasteiger partial charge on any atom is -0.368 e. The molecule has 0 atom stereocenters. The molecule has 0 aliphatic carbocycles. The van der Waals surface area contributed by atoms with Crippen LogP contribution < -0.4 is 16.4 Å². The van der Waals surface area contributed by atoms with E-state index in [2.05, 4.69) is 30.1 Å². The summed E-state index contributed by atoms with van der Waals surface area (Å²) in [5.74, 6) is 0.761. The molecule has 0 fully saturated rings. The average Bonchev–Trinajstić information content (AvgIpc) is 2.94. The van der Waals surface area contributed by atoms with Gasteiger partial charge >= 0.3 is 0 Å². The number of aromatic nitrogens is 6. The number of pyridine rings is 1. The molecule has 0 spiro atoms. The van der Waals surface area contributed by atoms with Gasteiger partial charge in [-0.2, -0.15) is 20.1 Å². The number of nitrogens with zero attached hydrogens (tertiary/aromatic N) is 6. The number of nitrogens with one attached hydrogen (secondary N) is 1. The second-order valence-electron chi connectivity index (χ2n) is 4.92. The Balaban J connectivity index is 1.73. The van der Waals surface area contributed by atoms with E-state index in [0.717, 1.165) is 29.6 Å². The first kappa shape index (κ1) is 11.8. The molecule has 4 rings (SSSR count). The maximum atomic E-state index is 5.63. The van der Waals surface area contributed by atoms with Crippen molar-refractivity contribution >= 4 is 28.9 Å². The lowest BCUT2D eigenvalue weighted by molar-refractivity contribution is 0.708. The van der Waals surface area contributed by atoms with Crippen LogP contribution in [0, 0.1) is 0 Å². The predicted molar refractivity (Wildman–Crippen MR) is 77.3 cm³/mol. The van der Waals surface area contributed by atoms with Gasteiger partial charge in [-0.1, -0.05) is 0 Å². The molecule has 0 amide bonds. The maximum absolute atomic E-state index is 5.63. The van der Waals surface area contributed by atoms with Gasteiger partial charge in [0, 0.05) is 24.7 Å². The van der Waals surface area contributed by atoms with Crippen molar-refractivity contribution in [3.63, 3.8) is 0 Å². The molecule has 1 aliphatic heterocycles. The second-order valence-corrected chi connectivity index (χ2v) is 4.92. The van der Waals surface area contributed by atoms with Crippen molar-refractivity contribution in [3.8, 4) is 0 Å². The summed E-state index contributed by atoms with van der Waals surface area (Å²) >= 11 is 0. The molecule has 0 saturated carbocycles. The van der Waals surface area contributed by atoms with E-state index in [-0.39, 0.29) is 11.9 Å². The number of rotatable bonds is 1. The smallest absolute Gasteiger partial charge is 0.232 e. The molecule has 9 nitrogen and oxygen atoms in total. The van der Waals surface area contributed by atoms with Gasteiger partial charge in [0.05, 0.1) is 6.20 Å². The van der Waals surface area contributed by atoms with Crippen LogP contribution in [0.2, 0.25) is 0 Å². The molecule has 1 aliphatic rings. The second kappa shape index (κ2) is 4.27. The van der Waals surface area contributed by atoms with Crippen LogP contribution in [0.3, 0.4) is 0 Å². The Labute approximate surface area is 119 Å². The molecule has 0 saturated heterocycles. The van der Waals surface area contributed by atoms with E-state index >= 15 is 0 Å². The molecule has 0 aromatic carbocycles. The van der Waals surface area contributed by atoms with Gasteiger partial charge in [-0.15, -0.1) is 0 Å². The standard InChI is InChI=1S/C12H13N9/c13-10-17-11(14)19-12(18-10)21-2-1-7-6(5-21)3-15-9-8(7)4-16-20-9/h3-4H,1-2,5H2,(H,15,16,20)(H4,13,14,17,18,19). The van der Waals surface area contributed by atoms with Crippen molar-refractivity contribution in [1.29, 1.82) is 0 Å². The molecule has 0 bridgehead atoms. The topological polar surface area (TPSA) is 136 Å². The summed E-state index contributed by atoms with van der Waals surface area (Å²) in [6.07, 6.45) is 4.53. The fraction of sp³-hybridized carbons (Fsp3) is 0.250. The van der Waals surface area contributed by atoms with Crippen LogP contribution in [0.15, 0.2) is 12.4 Å². The minimum atomic E-state index is 0.131. The zero-order valence-electron chi connectivity index (χ0n) is 11.1. The highest BCUT2D eigenvalue weighted by atomic mass is 15.3. The Morgan fingerprint density at radius 1 is 1.10 bits per heavy atom. The summed E-state index contributed by atoms with van der Waals surface area (Å²) < 4.78 is 0. The fourth-order valence-electron chi connectivity index (χ4n) is 2.66. The van der Waals surface area contributed by atoms with Crippen molar-refractivity contribution in [3.05, 3.63) is 23.5 Å². The third kappa shape index (κ3) is 1.90. The van der Waals surface area contributed by atoms with E-state index in [4.69, 9.17) is 11.5 Å².